The second kappa shape index (κ2) is 7.37. The molecule has 2 saturated carbocycles. The van der Waals surface area contributed by atoms with Crippen LogP contribution < -0.4 is 5.32 Å². The van der Waals surface area contributed by atoms with Crippen LogP contribution in [-0.2, 0) is 4.79 Å². The van der Waals surface area contributed by atoms with Crippen LogP contribution in [-0.4, -0.2) is 35.8 Å². The first-order valence-electron chi connectivity index (χ1n) is 9.95. The average molecular weight is 358 g/mol. The lowest BCUT2D eigenvalue weighted by molar-refractivity contribution is -0.123. The Morgan fingerprint density at radius 2 is 1.65 bits per heavy atom. The molecule has 140 valence electrons. The molecule has 4 nitrogen and oxygen atoms in total. The number of piperidine rings is 1. The fourth-order valence-corrected chi connectivity index (χ4v) is 4.30. The Hall–Kier alpha value is -1.91. The summed E-state index contributed by atoms with van der Waals surface area (Å²) in [6, 6.07) is 6.24. The first-order valence-corrected chi connectivity index (χ1v) is 9.95. The van der Waals surface area contributed by atoms with E-state index in [1.165, 1.54) is 37.8 Å². The molecule has 0 unspecified atom stereocenters. The van der Waals surface area contributed by atoms with Crippen LogP contribution in [0, 0.1) is 23.6 Å². The summed E-state index contributed by atoms with van der Waals surface area (Å²) in [5, 5.41) is 3.17. The highest BCUT2D eigenvalue weighted by atomic mass is 19.1. The van der Waals surface area contributed by atoms with Crippen LogP contribution in [0.4, 0.5) is 4.39 Å². The summed E-state index contributed by atoms with van der Waals surface area (Å²) in [4.78, 5) is 26.6. The minimum absolute atomic E-state index is 0.131. The van der Waals surface area contributed by atoms with Gasteiger partial charge in [0.2, 0.25) is 5.91 Å². The average Bonchev–Trinajstić information content (AvgIpc) is 3.54. The van der Waals surface area contributed by atoms with Crippen molar-refractivity contribution in [1.29, 1.82) is 0 Å². The maximum Gasteiger partial charge on any atom is 0.256 e. The molecule has 1 aliphatic heterocycles. The Bertz CT molecular complexity index is 664. The summed E-state index contributed by atoms with van der Waals surface area (Å²) in [5.74, 6) is 1.61. The summed E-state index contributed by atoms with van der Waals surface area (Å²) < 4.78 is 13.8. The minimum atomic E-state index is -0.473. The van der Waals surface area contributed by atoms with E-state index in [0.29, 0.717) is 25.4 Å². The standard InChI is InChI=1S/C21H27FN2O2/c22-19-4-2-1-3-17(19)21(26)24-11-9-16(10-12-24)23-20(25)13-18(14-5-6-14)15-7-8-15/h1-4,14-16,18H,5-13H2,(H,23,25). The van der Waals surface area contributed by atoms with Gasteiger partial charge < -0.3 is 10.2 Å². The number of benzene rings is 1. The summed E-state index contributed by atoms with van der Waals surface area (Å²) in [7, 11) is 0. The molecule has 3 fully saturated rings. The molecule has 0 spiro atoms. The second-order valence-electron chi connectivity index (χ2n) is 8.16. The van der Waals surface area contributed by atoms with Crippen molar-refractivity contribution in [3.8, 4) is 0 Å². The van der Waals surface area contributed by atoms with Crippen LogP contribution in [0.5, 0.6) is 0 Å². The number of carbonyl (C=O) groups is 2. The Morgan fingerprint density at radius 3 is 2.23 bits per heavy atom. The topological polar surface area (TPSA) is 49.4 Å². The van der Waals surface area contributed by atoms with E-state index in [0.717, 1.165) is 24.7 Å². The fourth-order valence-electron chi connectivity index (χ4n) is 4.30. The van der Waals surface area contributed by atoms with E-state index in [1.807, 2.05) is 0 Å². The zero-order valence-corrected chi connectivity index (χ0v) is 15.1. The van der Waals surface area contributed by atoms with Crippen LogP contribution in [0.2, 0.25) is 0 Å². The molecule has 2 aliphatic carbocycles. The number of nitrogens with one attached hydrogen (secondary N) is 1. The zero-order valence-electron chi connectivity index (χ0n) is 15.1. The highest BCUT2D eigenvalue weighted by Gasteiger charge is 2.42. The van der Waals surface area contributed by atoms with Crippen molar-refractivity contribution in [2.45, 2.75) is 51.0 Å². The molecule has 0 radical (unpaired) electrons. The van der Waals surface area contributed by atoms with Gasteiger partial charge in [0, 0.05) is 25.6 Å². The SMILES string of the molecule is O=C(CC(C1CC1)C1CC1)NC1CCN(C(=O)c2ccccc2F)CC1. The van der Waals surface area contributed by atoms with Gasteiger partial charge in [-0.3, -0.25) is 9.59 Å². The first-order chi connectivity index (χ1) is 12.6. The number of carbonyl (C=O) groups excluding carboxylic acids is 2. The van der Waals surface area contributed by atoms with E-state index >= 15 is 0 Å². The Morgan fingerprint density at radius 1 is 1.04 bits per heavy atom. The van der Waals surface area contributed by atoms with Crippen molar-refractivity contribution in [3.05, 3.63) is 35.6 Å². The third kappa shape index (κ3) is 4.08. The monoisotopic (exact) mass is 358 g/mol. The molecule has 4 rings (SSSR count). The number of hydrogen-bond donors (Lipinski definition) is 1. The molecule has 0 atom stereocenters. The summed E-state index contributed by atoms with van der Waals surface area (Å²) in [6.45, 7) is 1.12. The van der Waals surface area contributed by atoms with Gasteiger partial charge in [-0.25, -0.2) is 4.39 Å². The van der Waals surface area contributed by atoms with Gasteiger partial charge in [0.1, 0.15) is 5.82 Å². The smallest absolute Gasteiger partial charge is 0.256 e. The summed E-state index contributed by atoms with van der Waals surface area (Å²) in [6.07, 6.45) is 7.34. The molecule has 1 saturated heterocycles. The molecule has 2 amide bonds. The molecule has 0 bridgehead atoms. The summed E-state index contributed by atoms with van der Waals surface area (Å²) in [5.41, 5.74) is 0.131. The van der Waals surface area contributed by atoms with Crippen LogP contribution in [0.1, 0.15) is 55.3 Å². The lowest BCUT2D eigenvalue weighted by atomic mass is 9.93. The maximum atomic E-state index is 13.8. The fraction of sp³-hybridized carbons (Fsp3) is 0.619. The van der Waals surface area contributed by atoms with Crippen molar-refractivity contribution in [2.24, 2.45) is 17.8 Å². The van der Waals surface area contributed by atoms with Gasteiger partial charge in [0.25, 0.3) is 5.91 Å². The third-order valence-corrected chi connectivity index (χ3v) is 6.13. The quantitative estimate of drug-likeness (QED) is 0.848. The highest BCUT2D eigenvalue weighted by molar-refractivity contribution is 5.94. The molecular formula is C21H27FN2O2. The third-order valence-electron chi connectivity index (χ3n) is 6.13. The predicted octanol–water partition coefficient (Wildman–Crippen LogP) is 3.37. The van der Waals surface area contributed by atoms with Gasteiger partial charge in [-0.15, -0.1) is 0 Å². The number of rotatable bonds is 6. The second-order valence-corrected chi connectivity index (χ2v) is 8.16. The molecule has 1 aromatic rings. The highest BCUT2D eigenvalue weighted by Crippen LogP contribution is 2.50. The number of amides is 2. The van der Waals surface area contributed by atoms with Crippen LogP contribution >= 0.6 is 0 Å². The van der Waals surface area contributed by atoms with E-state index in [4.69, 9.17) is 0 Å². The normalized spacial score (nSPS) is 21.1. The van der Waals surface area contributed by atoms with Gasteiger partial charge in [-0.1, -0.05) is 12.1 Å². The number of nitrogens with zero attached hydrogens (tertiary/aromatic N) is 1. The zero-order chi connectivity index (χ0) is 18.1. The van der Waals surface area contributed by atoms with E-state index in [9.17, 15) is 14.0 Å². The van der Waals surface area contributed by atoms with E-state index < -0.39 is 5.82 Å². The lowest BCUT2D eigenvalue weighted by Crippen LogP contribution is -2.47. The number of halogens is 1. The van der Waals surface area contributed by atoms with E-state index in [-0.39, 0.29) is 23.4 Å². The van der Waals surface area contributed by atoms with Gasteiger partial charge in [0.05, 0.1) is 5.56 Å². The van der Waals surface area contributed by atoms with Crippen molar-refractivity contribution in [3.63, 3.8) is 0 Å². The lowest BCUT2D eigenvalue weighted by Gasteiger charge is -2.32. The summed E-state index contributed by atoms with van der Waals surface area (Å²) >= 11 is 0. The van der Waals surface area contributed by atoms with Crippen LogP contribution in [0.15, 0.2) is 24.3 Å². The van der Waals surface area contributed by atoms with Crippen molar-refractivity contribution in [2.75, 3.05) is 13.1 Å². The Balaban J connectivity index is 1.25. The first kappa shape index (κ1) is 17.5. The molecule has 26 heavy (non-hydrogen) atoms. The van der Waals surface area contributed by atoms with Crippen LogP contribution in [0.3, 0.4) is 0 Å². The predicted molar refractivity (Wildman–Crippen MR) is 97.0 cm³/mol. The molecule has 1 aromatic carbocycles. The Kier molecular flexibility index (Phi) is 4.96. The van der Waals surface area contributed by atoms with Gasteiger partial charge in [0.15, 0.2) is 0 Å². The van der Waals surface area contributed by atoms with Gasteiger partial charge in [-0.05, 0) is 68.4 Å². The van der Waals surface area contributed by atoms with Gasteiger partial charge in [-0.2, -0.15) is 0 Å². The molecular weight excluding hydrogens is 331 g/mol. The molecule has 1 heterocycles. The minimum Gasteiger partial charge on any atom is -0.353 e. The molecule has 5 heteroatoms. The van der Waals surface area contributed by atoms with Crippen molar-refractivity contribution >= 4 is 11.8 Å². The van der Waals surface area contributed by atoms with Gasteiger partial charge >= 0.3 is 0 Å². The Labute approximate surface area is 154 Å². The largest absolute Gasteiger partial charge is 0.353 e. The van der Waals surface area contributed by atoms with Crippen LogP contribution in [0.25, 0.3) is 0 Å². The number of likely N-dealkylation sites (tertiary alicyclic amines) is 1. The van der Waals surface area contributed by atoms with E-state index in [1.54, 1.807) is 17.0 Å². The maximum absolute atomic E-state index is 13.8. The molecule has 1 N–H and O–H groups in total. The van der Waals surface area contributed by atoms with E-state index in [2.05, 4.69) is 5.32 Å². The van der Waals surface area contributed by atoms with Crippen molar-refractivity contribution in [1.82, 2.24) is 10.2 Å². The molecule has 3 aliphatic rings. The van der Waals surface area contributed by atoms with Crippen molar-refractivity contribution < 1.29 is 14.0 Å². The number of hydrogen-bond acceptors (Lipinski definition) is 2. The molecule has 0 aromatic heterocycles.